The molecule has 2 aromatic rings. The number of hydrogen-bond acceptors (Lipinski definition) is 3. The second-order valence-corrected chi connectivity index (χ2v) is 8.01. The van der Waals surface area contributed by atoms with Crippen LogP contribution in [0.5, 0.6) is 0 Å². The Kier molecular flexibility index (Phi) is 6.32. The van der Waals surface area contributed by atoms with E-state index >= 15 is 0 Å². The molecular formula is C20H28N2O3. The normalized spacial score (nSPS) is 11.5. The second kappa shape index (κ2) is 7.66. The van der Waals surface area contributed by atoms with Gasteiger partial charge in [0.2, 0.25) is 0 Å². The van der Waals surface area contributed by atoms with E-state index in [9.17, 15) is 9.59 Å². The van der Waals surface area contributed by atoms with Crippen LogP contribution in [0.2, 0.25) is 0 Å². The molecule has 2 rings (SSSR count). The summed E-state index contributed by atoms with van der Waals surface area (Å²) in [7, 11) is 0. The lowest BCUT2D eigenvalue weighted by molar-refractivity contribution is 0.0694. The fraction of sp³-hybridized carbons (Fsp3) is 0.400. The van der Waals surface area contributed by atoms with E-state index in [0.717, 1.165) is 5.56 Å². The van der Waals surface area contributed by atoms with Gasteiger partial charge in [-0.2, -0.15) is 0 Å². The highest BCUT2D eigenvalue weighted by molar-refractivity contribution is 5.87. The highest BCUT2D eigenvalue weighted by Crippen LogP contribution is 2.25. The number of rotatable bonds is 2. The van der Waals surface area contributed by atoms with Gasteiger partial charge >= 0.3 is 5.97 Å². The lowest BCUT2D eigenvalue weighted by Gasteiger charge is -2.27. The Labute approximate surface area is 149 Å². The number of carboxylic acid groups (broad SMARTS) is 1. The van der Waals surface area contributed by atoms with Gasteiger partial charge in [-0.1, -0.05) is 30.3 Å². The molecule has 5 heteroatoms. The van der Waals surface area contributed by atoms with Crippen LogP contribution >= 0.6 is 0 Å². The molecule has 0 aliphatic rings. The fourth-order valence-corrected chi connectivity index (χ4v) is 2.08. The zero-order valence-electron chi connectivity index (χ0n) is 15.8. The summed E-state index contributed by atoms with van der Waals surface area (Å²) in [5, 5.41) is 9.10. The van der Waals surface area contributed by atoms with E-state index < -0.39 is 11.4 Å². The molecule has 1 aromatic carbocycles. The number of nitrogens with zero attached hydrogens (tertiary/aromatic N) is 1. The van der Waals surface area contributed by atoms with Crippen molar-refractivity contribution in [2.45, 2.75) is 52.6 Å². The van der Waals surface area contributed by atoms with Crippen molar-refractivity contribution in [1.82, 2.24) is 4.57 Å². The Balaban J connectivity index is 0.000000550. The number of nitrogens with two attached hydrogens (primary N) is 1. The average molecular weight is 344 g/mol. The first-order chi connectivity index (χ1) is 11.3. The first-order valence-electron chi connectivity index (χ1n) is 8.15. The maximum atomic E-state index is 11.9. The predicted octanol–water partition coefficient (Wildman–Crippen LogP) is 3.71. The lowest BCUT2D eigenvalue weighted by atomic mass is 10.0. The summed E-state index contributed by atoms with van der Waals surface area (Å²) in [6, 6.07) is 10.9. The molecular weight excluding hydrogens is 316 g/mol. The number of hydrogen-bond donors (Lipinski definition) is 2. The van der Waals surface area contributed by atoms with Crippen LogP contribution in [0.4, 0.5) is 0 Å². The van der Waals surface area contributed by atoms with Gasteiger partial charge in [-0.15, -0.1) is 0 Å². The first-order valence-corrected chi connectivity index (χ1v) is 8.15. The van der Waals surface area contributed by atoms with Gasteiger partial charge < -0.3 is 15.4 Å². The highest BCUT2D eigenvalue weighted by atomic mass is 16.4. The van der Waals surface area contributed by atoms with Gasteiger partial charge in [0.15, 0.2) is 5.43 Å². The van der Waals surface area contributed by atoms with Crippen molar-refractivity contribution in [3.63, 3.8) is 0 Å². The number of aromatic carboxylic acids is 1. The molecule has 0 bridgehead atoms. The third kappa shape index (κ3) is 6.55. The fourth-order valence-electron chi connectivity index (χ4n) is 2.08. The van der Waals surface area contributed by atoms with Gasteiger partial charge in [-0.25, -0.2) is 4.79 Å². The number of aromatic nitrogens is 1. The summed E-state index contributed by atoms with van der Waals surface area (Å²) in [4.78, 5) is 23.1. The van der Waals surface area contributed by atoms with Gasteiger partial charge in [0.25, 0.3) is 0 Å². The topological polar surface area (TPSA) is 85.3 Å². The number of benzene rings is 1. The van der Waals surface area contributed by atoms with Crippen molar-refractivity contribution in [3.8, 4) is 11.3 Å². The Morgan fingerprint density at radius 2 is 1.52 bits per heavy atom. The monoisotopic (exact) mass is 344 g/mol. The molecule has 25 heavy (non-hydrogen) atoms. The summed E-state index contributed by atoms with van der Waals surface area (Å²) >= 11 is 0. The zero-order valence-corrected chi connectivity index (χ0v) is 15.8. The SMILES string of the molecule is CC(C)(C)N.CC(C)(C)n1cc(C(=O)O)c(=O)cc1-c1ccccc1. The van der Waals surface area contributed by atoms with Crippen molar-refractivity contribution in [2.75, 3.05) is 0 Å². The van der Waals surface area contributed by atoms with Crippen LogP contribution in [0.1, 0.15) is 51.9 Å². The first kappa shape index (κ1) is 20.6. The molecule has 136 valence electrons. The molecule has 0 spiro atoms. The summed E-state index contributed by atoms with van der Waals surface area (Å²) in [6.07, 6.45) is 1.42. The van der Waals surface area contributed by atoms with Gasteiger partial charge in [0, 0.05) is 23.3 Å². The molecule has 5 nitrogen and oxygen atoms in total. The molecule has 0 atom stereocenters. The Morgan fingerprint density at radius 1 is 1.04 bits per heavy atom. The largest absolute Gasteiger partial charge is 0.477 e. The van der Waals surface area contributed by atoms with E-state index in [1.165, 1.54) is 12.3 Å². The van der Waals surface area contributed by atoms with Crippen molar-refractivity contribution in [3.05, 3.63) is 58.4 Å². The molecule has 3 N–H and O–H groups in total. The van der Waals surface area contributed by atoms with E-state index in [1.54, 1.807) is 0 Å². The molecule has 0 saturated carbocycles. The summed E-state index contributed by atoms with van der Waals surface area (Å²) in [5.74, 6) is -1.20. The van der Waals surface area contributed by atoms with E-state index in [-0.39, 0.29) is 16.6 Å². The number of carbonyl (C=O) groups is 1. The third-order valence-corrected chi connectivity index (χ3v) is 3.07. The molecule has 1 heterocycles. The maximum absolute atomic E-state index is 11.9. The van der Waals surface area contributed by atoms with Gasteiger partial charge in [-0.05, 0) is 47.1 Å². The second-order valence-electron chi connectivity index (χ2n) is 8.01. The Morgan fingerprint density at radius 3 is 1.92 bits per heavy atom. The minimum absolute atomic E-state index is 0. The van der Waals surface area contributed by atoms with E-state index in [4.69, 9.17) is 10.8 Å². The molecule has 0 aliphatic carbocycles. The van der Waals surface area contributed by atoms with Crippen molar-refractivity contribution in [1.29, 1.82) is 0 Å². The standard InChI is InChI=1S/C16H17NO3.C4H11N/c1-16(2,3)17-10-12(15(19)20)14(18)9-13(17)11-7-5-4-6-8-11;1-4(2,3)5/h4-10H,1-3H3,(H,19,20);5H2,1-3H3. The van der Waals surface area contributed by atoms with Crippen molar-refractivity contribution < 1.29 is 9.90 Å². The maximum Gasteiger partial charge on any atom is 0.341 e. The van der Waals surface area contributed by atoms with E-state index in [2.05, 4.69) is 0 Å². The van der Waals surface area contributed by atoms with Crippen LogP contribution in [-0.2, 0) is 5.54 Å². The quantitative estimate of drug-likeness (QED) is 0.869. The van der Waals surface area contributed by atoms with Gasteiger partial charge in [0.1, 0.15) is 5.56 Å². The Bertz CT molecular complexity index is 773. The molecule has 0 amide bonds. The lowest BCUT2D eigenvalue weighted by Crippen LogP contribution is -2.28. The minimum atomic E-state index is -1.20. The number of pyridine rings is 1. The van der Waals surface area contributed by atoms with Crippen molar-refractivity contribution >= 4 is 5.97 Å². The van der Waals surface area contributed by atoms with Crippen LogP contribution in [0, 0.1) is 0 Å². The molecule has 0 saturated heterocycles. The Hall–Kier alpha value is -2.40. The number of carboxylic acids is 1. The smallest absolute Gasteiger partial charge is 0.341 e. The van der Waals surface area contributed by atoms with Gasteiger partial charge in [-0.3, -0.25) is 4.79 Å². The molecule has 0 aliphatic heterocycles. The summed E-state index contributed by atoms with van der Waals surface area (Å²) < 4.78 is 1.83. The molecule has 0 unspecified atom stereocenters. The average Bonchev–Trinajstić information content (AvgIpc) is 2.44. The molecule has 0 radical (unpaired) electrons. The van der Waals surface area contributed by atoms with Crippen LogP contribution in [0.15, 0.2) is 47.4 Å². The summed E-state index contributed by atoms with van der Waals surface area (Å²) in [5.41, 5.74) is 5.94. The van der Waals surface area contributed by atoms with E-state index in [0.29, 0.717) is 5.69 Å². The predicted molar refractivity (Wildman–Crippen MR) is 102 cm³/mol. The van der Waals surface area contributed by atoms with E-state index in [1.807, 2.05) is 76.4 Å². The van der Waals surface area contributed by atoms with Crippen LogP contribution in [0.25, 0.3) is 11.3 Å². The minimum Gasteiger partial charge on any atom is -0.477 e. The third-order valence-electron chi connectivity index (χ3n) is 3.07. The van der Waals surface area contributed by atoms with Crippen LogP contribution in [-0.4, -0.2) is 21.2 Å². The van der Waals surface area contributed by atoms with Crippen LogP contribution in [0.3, 0.4) is 0 Å². The highest BCUT2D eigenvalue weighted by Gasteiger charge is 2.20. The zero-order chi connectivity index (χ0) is 19.4. The van der Waals surface area contributed by atoms with Gasteiger partial charge in [0.05, 0.1) is 5.69 Å². The summed E-state index contributed by atoms with van der Waals surface area (Å²) in [6.45, 7) is 11.8. The van der Waals surface area contributed by atoms with Crippen molar-refractivity contribution in [2.24, 2.45) is 5.73 Å². The molecule has 0 fully saturated rings. The van der Waals surface area contributed by atoms with Crippen LogP contribution < -0.4 is 11.2 Å². The molecule has 1 aromatic heterocycles.